The second kappa shape index (κ2) is 14.7. The zero-order valence-electron chi connectivity index (χ0n) is 23.8. The molecule has 8 nitrogen and oxygen atoms in total. The minimum Gasteiger partial charge on any atom is -0.428 e. The molecule has 15 heteroatoms. The average molecular weight is 643 g/mol. The van der Waals surface area contributed by atoms with Crippen molar-refractivity contribution in [1.29, 1.82) is 0 Å². The Balaban J connectivity index is 1.37. The van der Waals surface area contributed by atoms with Gasteiger partial charge in [-0.3, -0.25) is 15.1 Å². The number of alkyl halides is 3. The molecule has 2 aromatic carbocycles. The number of nitrogens with one attached hydrogen (secondary N) is 2. The molecule has 45 heavy (non-hydrogen) atoms. The maximum Gasteiger partial charge on any atom is 0.411 e. The molecule has 4 rings (SSSR count). The molecule has 1 saturated heterocycles. The highest BCUT2D eigenvalue weighted by atomic mass is 19.4. The largest absolute Gasteiger partial charge is 0.428 e. The summed E-state index contributed by atoms with van der Waals surface area (Å²) >= 11 is 0. The van der Waals surface area contributed by atoms with Crippen LogP contribution in [0, 0.1) is 23.3 Å². The molecule has 1 aromatic heterocycles. The van der Waals surface area contributed by atoms with Crippen molar-refractivity contribution in [3.63, 3.8) is 0 Å². The van der Waals surface area contributed by atoms with Crippen LogP contribution >= 0.6 is 0 Å². The van der Waals surface area contributed by atoms with Crippen molar-refractivity contribution in [2.24, 2.45) is 0 Å². The van der Waals surface area contributed by atoms with Gasteiger partial charge in [0, 0.05) is 31.5 Å². The van der Waals surface area contributed by atoms with Crippen LogP contribution in [0.15, 0.2) is 54.9 Å². The van der Waals surface area contributed by atoms with Gasteiger partial charge in [0.25, 0.3) is 0 Å². The summed E-state index contributed by atoms with van der Waals surface area (Å²) in [5.74, 6) is -4.44. The molecule has 0 spiro atoms. The van der Waals surface area contributed by atoms with Crippen molar-refractivity contribution in [1.82, 2.24) is 15.2 Å². The number of nitrogens with zero attached hydrogens (tertiary/aromatic N) is 2. The highest BCUT2D eigenvalue weighted by Crippen LogP contribution is 2.32. The van der Waals surface area contributed by atoms with Crippen LogP contribution in [0.1, 0.15) is 35.4 Å². The first-order valence-corrected chi connectivity index (χ1v) is 13.7. The number of morpholine rings is 1. The fourth-order valence-electron chi connectivity index (χ4n) is 4.81. The lowest BCUT2D eigenvalue weighted by Crippen LogP contribution is -2.50. The zero-order chi connectivity index (χ0) is 32.7. The van der Waals surface area contributed by atoms with Crippen molar-refractivity contribution in [3.05, 3.63) is 94.8 Å². The molecule has 2 amide bonds. The molecule has 0 saturated carbocycles. The van der Waals surface area contributed by atoms with Gasteiger partial charge < -0.3 is 19.7 Å². The van der Waals surface area contributed by atoms with E-state index in [1.165, 1.54) is 18.3 Å². The Bertz CT molecular complexity index is 1480. The van der Waals surface area contributed by atoms with Crippen LogP contribution in [0.4, 0.5) is 41.2 Å². The Morgan fingerprint density at radius 3 is 2.44 bits per heavy atom. The third-order valence-corrected chi connectivity index (χ3v) is 7.02. The summed E-state index contributed by atoms with van der Waals surface area (Å²) in [6.45, 7) is -1.51. The maximum atomic E-state index is 14.8. The molecule has 0 bridgehead atoms. The van der Waals surface area contributed by atoms with E-state index in [1.807, 2.05) is 0 Å². The highest BCUT2D eigenvalue weighted by molar-refractivity contribution is 5.92. The van der Waals surface area contributed by atoms with Crippen LogP contribution in [-0.4, -0.2) is 67.1 Å². The van der Waals surface area contributed by atoms with Gasteiger partial charge in [-0.25, -0.2) is 22.4 Å². The van der Waals surface area contributed by atoms with Gasteiger partial charge in [-0.2, -0.15) is 13.2 Å². The number of carbonyl (C=O) groups is 2. The van der Waals surface area contributed by atoms with E-state index in [2.05, 4.69) is 15.6 Å². The molecule has 2 N–H and O–H groups in total. The predicted octanol–water partition coefficient (Wildman–Crippen LogP) is 5.68. The van der Waals surface area contributed by atoms with Crippen molar-refractivity contribution < 1.29 is 49.8 Å². The first kappa shape index (κ1) is 33.6. The summed E-state index contributed by atoms with van der Waals surface area (Å²) in [6.07, 6.45) is -5.16. The fraction of sp³-hybridized carbons (Fsp3) is 0.367. The van der Waals surface area contributed by atoms with Crippen molar-refractivity contribution in [3.8, 4) is 0 Å². The number of aromatic nitrogens is 1. The topological polar surface area (TPSA) is 92.8 Å². The van der Waals surface area contributed by atoms with Crippen LogP contribution in [0.2, 0.25) is 0 Å². The molecule has 3 aromatic rings. The Morgan fingerprint density at radius 1 is 1.07 bits per heavy atom. The van der Waals surface area contributed by atoms with Gasteiger partial charge in [-0.05, 0) is 54.3 Å². The predicted molar refractivity (Wildman–Crippen MR) is 147 cm³/mol. The van der Waals surface area contributed by atoms with E-state index in [1.54, 1.807) is 0 Å². The zero-order valence-corrected chi connectivity index (χ0v) is 23.8. The summed E-state index contributed by atoms with van der Waals surface area (Å²) in [4.78, 5) is 29.2. The Hall–Kier alpha value is -4.24. The van der Waals surface area contributed by atoms with E-state index in [0.717, 1.165) is 43.6 Å². The average Bonchev–Trinajstić information content (AvgIpc) is 2.97. The van der Waals surface area contributed by atoms with E-state index in [4.69, 9.17) is 9.47 Å². The van der Waals surface area contributed by atoms with Crippen LogP contribution < -0.4 is 10.6 Å². The lowest BCUT2D eigenvalue weighted by Gasteiger charge is -2.31. The van der Waals surface area contributed by atoms with Gasteiger partial charge in [0.2, 0.25) is 5.91 Å². The van der Waals surface area contributed by atoms with E-state index < -0.39 is 72.7 Å². The first-order chi connectivity index (χ1) is 21.3. The van der Waals surface area contributed by atoms with Crippen molar-refractivity contribution >= 4 is 17.7 Å². The molecule has 3 atom stereocenters. The molecular formula is C30H29F7N4O4. The lowest BCUT2D eigenvalue weighted by atomic mass is 9.87. The van der Waals surface area contributed by atoms with Gasteiger partial charge in [0.1, 0.15) is 29.8 Å². The second-order valence-electron chi connectivity index (χ2n) is 10.4. The van der Waals surface area contributed by atoms with Crippen LogP contribution in [0.25, 0.3) is 0 Å². The third-order valence-electron chi connectivity index (χ3n) is 7.02. The van der Waals surface area contributed by atoms with E-state index in [-0.39, 0.29) is 42.8 Å². The van der Waals surface area contributed by atoms with Gasteiger partial charge >= 0.3 is 12.3 Å². The van der Waals surface area contributed by atoms with Crippen LogP contribution in [-0.2, 0) is 20.7 Å². The summed E-state index contributed by atoms with van der Waals surface area (Å²) in [7, 11) is 0.949. The number of hydrogen-bond donors (Lipinski definition) is 2. The molecule has 1 aliphatic rings. The van der Waals surface area contributed by atoms with Crippen LogP contribution in [0.5, 0.6) is 0 Å². The monoisotopic (exact) mass is 642 g/mol. The van der Waals surface area contributed by atoms with Crippen molar-refractivity contribution in [2.75, 3.05) is 32.1 Å². The number of carbonyl (C=O) groups excluding carboxylic acids is 2. The smallest absolute Gasteiger partial charge is 0.411 e. The minimum atomic E-state index is -4.58. The SMILES string of the molecule is CN(CC(F)(F)F)C(=O)O[C@H]1CO[C@H](CCc2c(F)cncc2NC(=O)C[C@@H](c2ccc(F)cc2)c2cc(F)ccc2F)CN1. The number of halogens is 7. The first-order valence-electron chi connectivity index (χ1n) is 13.7. The Labute approximate surface area is 253 Å². The lowest BCUT2D eigenvalue weighted by molar-refractivity contribution is -0.143. The molecule has 0 radical (unpaired) electrons. The molecule has 1 fully saturated rings. The fourth-order valence-corrected chi connectivity index (χ4v) is 4.81. The van der Waals surface area contributed by atoms with Gasteiger partial charge in [-0.1, -0.05) is 12.1 Å². The molecule has 0 aliphatic carbocycles. The number of anilines is 1. The standard InChI is InChI=1S/C30H29F7N4O4/c1-41(16-30(35,36)37)29(43)45-28-15-44-20(12-39-28)7-8-21-25(34)13-38-14-26(21)40-27(42)11-22(17-2-4-18(31)5-3-17)23-10-19(32)6-9-24(23)33/h2-6,9-10,13-14,20,22,28,39H,7-8,11-12,15-16H2,1H3,(H,40,42)/t20-,22+,28+/m1/s1. The number of ether oxygens (including phenoxy) is 2. The third kappa shape index (κ3) is 9.62. The molecule has 2 heterocycles. The number of benzene rings is 2. The Kier molecular flexibility index (Phi) is 11.0. The van der Waals surface area contributed by atoms with E-state index in [0.29, 0.717) is 10.5 Å². The summed E-state index contributed by atoms with van der Waals surface area (Å²) in [5, 5.41) is 5.43. The molecule has 0 unspecified atom stereocenters. The van der Waals surface area contributed by atoms with Gasteiger partial charge in [0.15, 0.2) is 6.23 Å². The second-order valence-corrected chi connectivity index (χ2v) is 10.4. The van der Waals surface area contributed by atoms with Crippen molar-refractivity contribution in [2.45, 2.75) is 43.7 Å². The van der Waals surface area contributed by atoms with Crippen LogP contribution in [0.3, 0.4) is 0 Å². The summed E-state index contributed by atoms with van der Waals surface area (Å²) in [5.41, 5.74) is 0.374. The van der Waals surface area contributed by atoms with E-state index in [9.17, 15) is 40.3 Å². The summed E-state index contributed by atoms with van der Waals surface area (Å²) in [6, 6.07) is 7.79. The number of hydrogen-bond acceptors (Lipinski definition) is 6. The maximum absolute atomic E-state index is 14.8. The molecule has 1 aliphatic heterocycles. The molecule has 242 valence electrons. The minimum absolute atomic E-state index is 0.0425. The number of rotatable bonds is 10. The number of pyridine rings is 1. The quantitative estimate of drug-likeness (QED) is 0.277. The van der Waals surface area contributed by atoms with E-state index >= 15 is 0 Å². The normalized spacial score (nSPS) is 17.4. The summed E-state index contributed by atoms with van der Waals surface area (Å²) < 4.78 is 105. The molecular weight excluding hydrogens is 613 g/mol. The highest BCUT2D eigenvalue weighted by Gasteiger charge is 2.33. The Morgan fingerprint density at radius 2 is 1.78 bits per heavy atom. The van der Waals surface area contributed by atoms with Gasteiger partial charge in [-0.15, -0.1) is 0 Å². The number of amides is 2. The van der Waals surface area contributed by atoms with Gasteiger partial charge in [0.05, 0.1) is 30.8 Å².